The molecular formula is C13H12ClNO3. The molecule has 18 heavy (non-hydrogen) atoms. The summed E-state index contributed by atoms with van der Waals surface area (Å²) in [6, 6.07) is 6.44. The maximum absolute atomic E-state index is 11.5. The fraction of sp³-hybridized carbons (Fsp3) is 0.231. The number of hydrogen-bond donors (Lipinski definition) is 2. The van der Waals surface area contributed by atoms with Gasteiger partial charge < -0.3 is 10.4 Å². The molecule has 5 heteroatoms. The maximum atomic E-state index is 11.5. The zero-order valence-electron chi connectivity index (χ0n) is 9.52. The average molecular weight is 266 g/mol. The predicted octanol–water partition coefficient (Wildman–Crippen LogP) is 2.09. The number of aliphatic hydroxyl groups excluding tert-OH is 1. The quantitative estimate of drug-likeness (QED) is 0.498. The Morgan fingerprint density at radius 2 is 1.89 bits per heavy atom. The van der Waals surface area contributed by atoms with E-state index >= 15 is 0 Å². The number of nitrogens with one attached hydrogen (secondary N) is 1. The molecule has 0 spiro atoms. The average Bonchev–Trinajstić information content (AvgIpc) is 3.13. The molecule has 1 amide bonds. The number of benzene rings is 1. The monoisotopic (exact) mass is 265 g/mol. The number of carbonyl (C=O) groups excluding carboxylic acids is 2. The summed E-state index contributed by atoms with van der Waals surface area (Å²) in [4.78, 5) is 22.9. The van der Waals surface area contributed by atoms with Crippen molar-refractivity contribution in [1.29, 1.82) is 0 Å². The number of carbonyl (C=O) groups is 2. The largest absolute Gasteiger partial charge is 0.507 e. The summed E-state index contributed by atoms with van der Waals surface area (Å²) in [6.07, 6.45) is 2.73. The lowest BCUT2D eigenvalue weighted by molar-refractivity contribution is -0.135. The van der Waals surface area contributed by atoms with Crippen LogP contribution in [0.3, 0.4) is 0 Å². The van der Waals surface area contributed by atoms with Crippen LogP contribution in [0.15, 0.2) is 30.3 Å². The predicted molar refractivity (Wildman–Crippen MR) is 68.2 cm³/mol. The van der Waals surface area contributed by atoms with Crippen molar-refractivity contribution in [2.45, 2.75) is 18.9 Å². The first-order valence-corrected chi connectivity index (χ1v) is 5.95. The lowest BCUT2D eigenvalue weighted by atomic mass is 10.1. The summed E-state index contributed by atoms with van der Waals surface area (Å²) < 4.78 is 0. The third-order valence-electron chi connectivity index (χ3n) is 2.54. The molecule has 1 aliphatic carbocycles. The van der Waals surface area contributed by atoms with Crippen molar-refractivity contribution < 1.29 is 14.7 Å². The number of halogens is 1. The first kappa shape index (κ1) is 12.6. The highest BCUT2D eigenvalue weighted by Gasteiger charge is 2.25. The van der Waals surface area contributed by atoms with Crippen molar-refractivity contribution in [2.24, 2.45) is 0 Å². The van der Waals surface area contributed by atoms with E-state index in [1.807, 2.05) is 0 Å². The van der Waals surface area contributed by atoms with Crippen LogP contribution in [0, 0.1) is 0 Å². The highest BCUT2D eigenvalue weighted by Crippen LogP contribution is 2.19. The van der Waals surface area contributed by atoms with Gasteiger partial charge in [0.15, 0.2) is 0 Å². The molecule has 1 aromatic rings. The number of amides is 1. The van der Waals surface area contributed by atoms with Crippen LogP contribution in [0.4, 0.5) is 0 Å². The van der Waals surface area contributed by atoms with Gasteiger partial charge in [-0.25, -0.2) is 0 Å². The zero-order chi connectivity index (χ0) is 13.1. The molecule has 1 fully saturated rings. The molecular weight excluding hydrogens is 254 g/mol. The van der Waals surface area contributed by atoms with Crippen LogP contribution in [0.5, 0.6) is 0 Å². The van der Waals surface area contributed by atoms with Gasteiger partial charge in [-0.3, -0.25) is 9.59 Å². The fourth-order valence-corrected chi connectivity index (χ4v) is 1.50. The number of ketones is 1. The molecule has 0 aromatic heterocycles. The Balaban J connectivity index is 2.04. The summed E-state index contributed by atoms with van der Waals surface area (Å²) in [6.45, 7) is 0. The third kappa shape index (κ3) is 3.34. The minimum Gasteiger partial charge on any atom is -0.507 e. The third-order valence-corrected chi connectivity index (χ3v) is 2.80. The second kappa shape index (κ2) is 5.23. The minimum atomic E-state index is -0.755. The molecule has 4 nitrogen and oxygen atoms in total. The SMILES string of the molecule is O=C(C=C(O)c1ccc(Cl)cc1)C(=O)NC1CC1. The molecule has 1 aromatic carbocycles. The smallest absolute Gasteiger partial charge is 0.292 e. The summed E-state index contributed by atoms with van der Waals surface area (Å²) in [7, 11) is 0. The Kier molecular flexibility index (Phi) is 3.67. The van der Waals surface area contributed by atoms with Crippen LogP contribution in [0.25, 0.3) is 5.76 Å². The Bertz CT molecular complexity index is 503. The molecule has 1 aliphatic rings. The number of hydrogen-bond acceptors (Lipinski definition) is 3. The van der Waals surface area contributed by atoms with Gasteiger partial charge in [-0.15, -0.1) is 0 Å². The van der Waals surface area contributed by atoms with Gasteiger partial charge in [-0.05, 0) is 37.1 Å². The zero-order valence-corrected chi connectivity index (χ0v) is 10.3. The van der Waals surface area contributed by atoms with Crippen LogP contribution in [-0.4, -0.2) is 22.8 Å². The molecule has 0 radical (unpaired) electrons. The van der Waals surface area contributed by atoms with Crippen LogP contribution in [0.2, 0.25) is 5.02 Å². The molecule has 0 aliphatic heterocycles. The van der Waals surface area contributed by atoms with E-state index in [1.165, 1.54) is 0 Å². The second-order valence-corrected chi connectivity index (χ2v) is 4.58. The van der Waals surface area contributed by atoms with E-state index < -0.39 is 11.7 Å². The minimum absolute atomic E-state index is 0.118. The molecule has 0 heterocycles. The standard InChI is InChI=1S/C13H12ClNO3/c14-9-3-1-8(2-4-9)11(16)7-12(17)13(18)15-10-5-6-10/h1-4,7,10,16H,5-6H2,(H,15,18). The van der Waals surface area contributed by atoms with Gasteiger partial charge in [0.2, 0.25) is 5.78 Å². The Morgan fingerprint density at radius 3 is 2.44 bits per heavy atom. The van der Waals surface area contributed by atoms with Gasteiger partial charge in [-0.1, -0.05) is 11.6 Å². The van der Waals surface area contributed by atoms with Crippen molar-refractivity contribution in [2.75, 3.05) is 0 Å². The van der Waals surface area contributed by atoms with Gasteiger partial charge in [0, 0.05) is 22.7 Å². The molecule has 94 valence electrons. The van der Waals surface area contributed by atoms with Crippen molar-refractivity contribution in [1.82, 2.24) is 5.32 Å². The van der Waals surface area contributed by atoms with Crippen molar-refractivity contribution >= 4 is 29.1 Å². The molecule has 0 bridgehead atoms. The second-order valence-electron chi connectivity index (χ2n) is 4.15. The Morgan fingerprint density at radius 1 is 1.28 bits per heavy atom. The van der Waals surface area contributed by atoms with Crippen molar-refractivity contribution in [3.05, 3.63) is 40.9 Å². The van der Waals surface area contributed by atoms with Gasteiger partial charge in [-0.2, -0.15) is 0 Å². The normalized spacial score (nSPS) is 15.3. The van der Waals surface area contributed by atoms with Crippen LogP contribution in [0.1, 0.15) is 18.4 Å². The fourth-order valence-electron chi connectivity index (χ4n) is 1.38. The van der Waals surface area contributed by atoms with Gasteiger partial charge in [0.25, 0.3) is 5.91 Å². The van der Waals surface area contributed by atoms with E-state index in [4.69, 9.17) is 11.6 Å². The summed E-state index contributed by atoms with van der Waals surface area (Å²) in [5.41, 5.74) is 0.437. The maximum Gasteiger partial charge on any atom is 0.292 e. The molecule has 2 N–H and O–H groups in total. The van der Waals surface area contributed by atoms with E-state index in [0.717, 1.165) is 18.9 Å². The highest BCUT2D eigenvalue weighted by molar-refractivity contribution is 6.41. The number of aliphatic hydroxyl groups is 1. The van der Waals surface area contributed by atoms with Crippen molar-refractivity contribution in [3.63, 3.8) is 0 Å². The van der Waals surface area contributed by atoms with Gasteiger partial charge in [0.05, 0.1) is 0 Å². The number of rotatable bonds is 4. The Labute approximate surface area is 109 Å². The van der Waals surface area contributed by atoms with Crippen molar-refractivity contribution in [3.8, 4) is 0 Å². The molecule has 0 saturated heterocycles. The highest BCUT2D eigenvalue weighted by atomic mass is 35.5. The van der Waals surface area contributed by atoms with E-state index in [1.54, 1.807) is 24.3 Å². The lowest BCUT2D eigenvalue weighted by Crippen LogP contribution is -2.31. The molecule has 1 saturated carbocycles. The van der Waals surface area contributed by atoms with E-state index in [0.29, 0.717) is 10.6 Å². The van der Waals surface area contributed by atoms with E-state index in [-0.39, 0.29) is 11.8 Å². The van der Waals surface area contributed by atoms with Crippen LogP contribution >= 0.6 is 11.6 Å². The summed E-state index contributed by atoms with van der Waals surface area (Å²) in [5.74, 6) is -1.69. The molecule has 0 atom stereocenters. The Hall–Kier alpha value is -1.81. The summed E-state index contributed by atoms with van der Waals surface area (Å²) >= 11 is 5.70. The molecule has 0 unspecified atom stereocenters. The van der Waals surface area contributed by atoms with Gasteiger partial charge >= 0.3 is 0 Å². The van der Waals surface area contributed by atoms with E-state index in [2.05, 4.69) is 5.32 Å². The van der Waals surface area contributed by atoms with E-state index in [9.17, 15) is 14.7 Å². The first-order chi connectivity index (χ1) is 8.56. The molecule has 2 rings (SSSR count). The van der Waals surface area contributed by atoms with Crippen LogP contribution in [-0.2, 0) is 9.59 Å². The summed E-state index contributed by atoms with van der Waals surface area (Å²) in [5, 5.41) is 12.8. The lowest BCUT2D eigenvalue weighted by Gasteiger charge is -2.01. The van der Waals surface area contributed by atoms with Gasteiger partial charge in [0.1, 0.15) is 5.76 Å². The topological polar surface area (TPSA) is 66.4 Å². The van der Waals surface area contributed by atoms with Crippen LogP contribution < -0.4 is 5.32 Å². The first-order valence-electron chi connectivity index (χ1n) is 5.57.